The molecule has 0 aromatic heterocycles. The zero-order chi connectivity index (χ0) is 13.9. The molecule has 0 bridgehead atoms. The number of halogens is 1. The Labute approximate surface area is 123 Å². The summed E-state index contributed by atoms with van der Waals surface area (Å²) in [5.74, 6) is 0. The molecule has 4 heteroatoms. The van der Waals surface area contributed by atoms with E-state index in [1.807, 2.05) is 18.2 Å². The molecule has 1 fully saturated rings. The molecule has 2 rings (SSSR count). The van der Waals surface area contributed by atoms with Gasteiger partial charge in [0.1, 0.15) is 6.07 Å². The fourth-order valence-corrected chi connectivity index (χ4v) is 3.07. The molecule has 1 saturated heterocycles. The summed E-state index contributed by atoms with van der Waals surface area (Å²) in [7, 11) is 0. The van der Waals surface area contributed by atoms with Crippen molar-refractivity contribution in [3.8, 4) is 6.07 Å². The molecule has 0 aliphatic carbocycles. The van der Waals surface area contributed by atoms with Crippen LogP contribution < -0.4 is 10.6 Å². The van der Waals surface area contributed by atoms with Crippen LogP contribution in [0.3, 0.4) is 0 Å². The molecule has 0 spiro atoms. The molecule has 0 saturated carbocycles. The Kier molecular flexibility index (Phi) is 4.49. The average molecular weight is 322 g/mol. The van der Waals surface area contributed by atoms with Crippen LogP contribution in [0, 0.1) is 16.7 Å². The largest absolute Gasteiger partial charge is 0.382 e. The summed E-state index contributed by atoms with van der Waals surface area (Å²) in [4.78, 5) is 0. The third-order valence-electron chi connectivity index (χ3n) is 3.95. The SMILES string of the molecule is CC1(C)CCCNC1CNc1cccc(Br)c1C#N. The minimum atomic E-state index is 0.296. The highest BCUT2D eigenvalue weighted by Gasteiger charge is 2.31. The van der Waals surface area contributed by atoms with E-state index in [1.54, 1.807) is 0 Å². The van der Waals surface area contributed by atoms with Gasteiger partial charge in [0.05, 0.1) is 11.3 Å². The zero-order valence-corrected chi connectivity index (χ0v) is 13.0. The van der Waals surface area contributed by atoms with E-state index in [2.05, 4.69) is 46.5 Å². The van der Waals surface area contributed by atoms with Crippen LogP contribution in [0.1, 0.15) is 32.3 Å². The lowest BCUT2D eigenvalue weighted by atomic mass is 9.77. The van der Waals surface area contributed by atoms with Gasteiger partial charge < -0.3 is 10.6 Å². The highest BCUT2D eigenvalue weighted by molar-refractivity contribution is 9.10. The summed E-state index contributed by atoms with van der Waals surface area (Å²) in [5.41, 5.74) is 1.88. The van der Waals surface area contributed by atoms with E-state index >= 15 is 0 Å². The van der Waals surface area contributed by atoms with Gasteiger partial charge in [0.25, 0.3) is 0 Å². The number of anilines is 1. The van der Waals surface area contributed by atoms with Crippen molar-refractivity contribution in [3.63, 3.8) is 0 Å². The Balaban J connectivity index is 2.07. The van der Waals surface area contributed by atoms with Gasteiger partial charge in [0, 0.05) is 17.1 Å². The second-order valence-electron chi connectivity index (χ2n) is 5.75. The van der Waals surface area contributed by atoms with Crippen molar-refractivity contribution >= 4 is 21.6 Å². The molecule has 1 aromatic carbocycles. The van der Waals surface area contributed by atoms with Crippen LogP contribution in [0.4, 0.5) is 5.69 Å². The van der Waals surface area contributed by atoms with Gasteiger partial charge in [-0.3, -0.25) is 0 Å². The molecule has 1 atom stereocenters. The van der Waals surface area contributed by atoms with Gasteiger partial charge >= 0.3 is 0 Å². The monoisotopic (exact) mass is 321 g/mol. The minimum absolute atomic E-state index is 0.296. The van der Waals surface area contributed by atoms with Crippen molar-refractivity contribution in [2.45, 2.75) is 32.7 Å². The van der Waals surface area contributed by atoms with E-state index in [9.17, 15) is 5.26 Å². The number of piperidine rings is 1. The molecule has 0 amide bonds. The van der Waals surface area contributed by atoms with Crippen LogP contribution >= 0.6 is 15.9 Å². The standard InChI is InChI=1S/C15H20BrN3/c1-15(2)7-4-8-18-14(15)10-19-13-6-3-5-12(16)11(13)9-17/h3,5-6,14,18-19H,4,7-8,10H2,1-2H3. The first kappa shape index (κ1) is 14.4. The van der Waals surface area contributed by atoms with Gasteiger partial charge in [-0.25, -0.2) is 0 Å². The van der Waals surface area contributed by atoms with Crippen LogP contribution in [0.2, 0.25) is 0 Å². The smallest absolute Gasteiger partial charge is 0.103 e. The highest BCUT2D eigenvalue weighted by Crippen LogP contribution is 2.31. The third-order valence-corrected chi connectivity index (χ3v) is 4.61. The molecular weight excluding hydrogens is 302 g/mol. The molecule has 19 heavy (non-hydrogen) atoms. The summed E-state index contributed by atoms with van der Waals surface area (Å²) in [6.45, 7) is 6.53. The zero-order valence-electron chi connectivity index (χ0n) is 11.5. The average Bonchev–Trinajstić information content (AvgIpc) is 2.37. The lowest BCUT2D eigenvalue weighted by Crippen LogP contribution is -2.50. The van der Waals surface area contributed by atoms with Gasteiger partial charge in [0.15, 0.2) is 0 Å². The van der Waals surface area contributed by atoms with Gasteiger partial charge in [-0.2, -0.15) is 5.26 Å². The molecule has 1 aliphatic heterocycles. The number of nitriles is 1. The number of nitrogens with zero attached hydrogens (tertiary/aromatic N) is 1. The summed E-state index contributed by atoms with van der Waals surface area (Å²) >= 11 is 3.42. The maximum absolute atomic E-state index is 9.20. The summed E-state index contributed by atoms with van der Waals surface area (Å²) < 4.78 is 0.843. The highest BCUT2D eigenvalue weighted by atomic mass is 79.9. The second-order valence-corrected chi connectivity index (χ2v) is 6.61. The van der Waals surface area contributed by atoms with Crippen molar-refractivity contribution in [2.75, 3.05) is 18.4 Å². The van der Waals surface area contributed by atoms with Crippen LogP contribution in [-0.2, 0) is 0 Å². The fourth-order valence-electron chi connectivity index (χ4n) is 2.62. The van der Waals surface area contributed by atoms with Crippen LogP contribution in [-0.4, -0.2) is 19.1 Å². The van der Waals surface area contributed by atoms with E-state index in [1.165, 1.54) is 12.8 Å². The van der Waals surface area contributed by atoms with E-state index in [0.29, 0.717) is 17.0 Å². The number of hydrogen-bond acceptors (Lipinski definition) is 3. The maximum atomic E-state index is 9.20. The summed E-state index contributed by atoms with van der Waals surface area (Å²) in [5, 5.41) is 16.2. The quantitative estimate of drug-likeness (QED) is 0.895. The molecule has 0 radical (unpaired) electrons. The van der Waals surface area contributed by atoms with Crippen molar-refractivity contribution in [1.29, 1.82) is 5.26 Å². The minimum Gasteiger partial charge on any atom is -0.382 e. The predicted molar refractivity (Wildman–Crippen MR) is 82.2 cm³/mol. The molecule has 1 unspecified atom stereocenters. The maximum Gasteiger partial charge on any atom is 0.103 e. The third kappa shape index (κ3) is 3.29. The summed E-state index contributed by atoms with van der Waals surface area (Å²) in [6, 6.07) is 8.48. The van der Waals surface area contributed by atoms with E-state index in [0.717, 1.165) is 23.2 Å². The van der Waals surface area contributed by atoms with Crippen LogP contribution in [0.5, 0.6) is 0 Å². The van der Waals surface area contributed by atoms with Gasteiger partial charge in [0.2, 0.25) is 0 Å². The van der Waals surface area contributed by atoms with Crippen LogP contribution in [0.15, 0.2) is 22.7 Å². The van der Waals surface area contributed by atoms with E-state index in [4.69, 9.17) is 0 Å². The molecule has 102 valence electrons. The van der Waals surface area contributed by atoms with Crippen molar-refractivity contribution in [2.24, 2.45) is 5.41 Å². The first-order valence-electron chi connectivity index (χ1n) is 6.70. The number of rotatable bonds is 3. The first-order chi connectivity index (χ1) is 9.04. The van der Waals surface area contributed by atoms with Crippen molar-refractivity contribution < 1.29 is 0 Å². The first-order valence-corrected chi connectivity index (χ1v) is 7.50. The number of hydrogen-bond donors (Lipinski definition) is 2. The Bertz CT molecular complexity index is 491. The molecule has 1 heterocycles. The number of benzene rings is 1. The molecule has 1 aromatic rings. The Morgan fingerprint density at radius 1 is 1.53 bits per heavy atom. The van der Waals surface area contributed by atoms with Crippen LogP contribution in [0.25, 0.3) is 0 Å². The Hall–Kier alpha value is -1.05. The van der Waals surface area contributed by atoms with Gasteiger partial charge in [-0.15, -0.1) is 0 Å². The molecule has 2 N–H and O–H groups in total. The predicted octanol–water partition coefficient (Wildman–Crippen LogP) is 3.51. The fraction of sp³-hybridized carbons (Fsp3) is 0.533. The van der Waals surface area contributed by atoms with Crippen molar-refractivity contribution in [3.05, 3.63) is 28.2 Å². The molecule has 1 aliphatic rings. The lowest BCUT2D eigenvalue weighted by molar-refractivity contribution is 0.188. The van der Waals surface area contributed by atoms with Gasteiger partial charge in [-0.1, -0.05) is 19.9 Å². The molecule has 3 nitrogen and oxygen atoms in total. The van der Waals surface area contributed by atoms with E-state index < -0.39 is 0 Å². The van der Waals surface area contributed by atoms with Gasteiger partial charge in [-0.05, 0) is 52.9 Å². The topological polar surface area (TPSA) is 47.8 Å². The lowest BCUT2D eigenvalue weighted by Gasteiger charge is -2.39. The van der Waals surface area contributed by atoms with Crippen molar-refractivity contribution in [1.82, 2.24) is 5.32 Å². The Morgan fingerprint density at radius 2 is 2.32 bits per heavy atom. The van der Waals surface area contributed by atoms with E-state index in [-0.39, 0.29) is 0 Å². The molecular formula is C15H20BrN3. The normalized spacial score (nSPS) is 21.7. The summed E-state index contributed by atoms with van der Waals surface area (Å²) in [6.07, 6.45) is 2.49. The second kappa shape index (κ2) is 5.94. The Morgan fingerprint density at radius 3 is 3.00 bits per heavy atom. The number of nitrogens with one attached hydrogen (secondary N) is 2.